The molecule has 3 aromatic rings. The van der Waals surface area contributed by atoms with Crippen LogP contribution in [0.2, 0.25) is 0 Å². The second kappa shape index (κ2) is 7.56. The Morgan fingerprint density at radius 1 is 1.04 bits per heavy atom. The van der Waals surface area contributed by atoms with Gasteiger partial charge in [-0.15, -0.1) is 0 Å². The average molecular weight is 348 g/mol. The number of benzene rings is 2. The minimum atomic E-state index is -0.120. The van der Waals surface area contributed by atoms with E-state index in [0.29, 0.717) is 16.9 Å². The highest BCUT2D eigenvalue weighted by Crippen LogP contribution is 2.27. The molecule has 3 rings (SSSR count). The van der Waals surface area contributed by atoms with Gasteiger partial charge in [0.1, 0.15) is 5.69 Å². The molecule has 26 heavy (non-hydrogen) atoms. The smallest absolute Gasteiger partial charge is 0.272 e. The van der Waals surface area contributed by atoms with E-state index in [0.717, 1.165) is 35.9 Å². The monoisotopic (exact) mass is 348 g/mol. The van der Waals surface area contributed by atoms with Crippen LogP contribution < -0.4 is 5.32 Å². The van der Waals surface area contributed by atoms with Crippen LogP contribution in [0, 0.1) is 6.92 Å². The Morgan fingerprint density at radius 3 is 2.38 bits per heavy atom. The van der Waals surface area contributed by atoms with E-state index in [2.05, 4.69) is 28.9 Å². The molecule has 0 atom stereocenters. The Kier molecular flexibility index (Phi) is 5.21. The zero-order chi connectivity index (χ0) is 18.7. The van der Waals surface area contributed by atoms with E-state index in [-0.39, 0.29) is 11.7 Å². The summed E-state index contributed by atoms with van der Waals surface area (Å²) in [5, 5.41) is 4.08. The van der Waals surface area contributed by atoms with E-state index in [1.54, 1.807) is 24.3 Å². The van der Waals surface area contributed by atoms with Gasteiger partial charge in [0.2, 0.25) is 0 Å². The first-order valence-electron chi connectivity index (χ1n) is 9.03. The molecule has 1 heterocycles. The van der Waals surface area contributed by atoms with Crippen LogP contribution in [0.4, 0.5) is 5.69 Å². The minimum absolute atomic E-state index is 0.0124. The number of carbonyl (C=O) groups excluding carboxylic acids is 2. The molecule has 4 heteroatoms. The van der Waals surface area contributed by atoms with Crippen molar-refractivity contribution in [2.45, 2.75) is 40.2 Å². The van der Waals surface area contributed by atoms with Crippen molar-refractivity contribution in [3.63, 3.8) is 0 Å². The third-order valence-corrected chi connectivity index (χ3v) is 4.72. The number of nitrogens with one attached hydrogen (secondary N) is 1. The predicted molar refractivity (Wildman–Crippen MR) is 106 cm³/mol. The molecule has 0 bridgehead atoms. The molecule has 1 N–H and O–H groups in total. The van der Waals surface area contributed by atoms with Crippen LogP contribution in [0.25, 0.3) is 10.9 Å². The summed E-state index contributed by atoms with van der Waals surface area (Å²) in [6, 6.07) is 15.1. The van der Waals surface area contributed by atoms with Gasteiger partial charge in [-0.3, -0.25) is 9.59 Å². The fourth-order valence-corrected chi connectivity index (χ4v) is 3.30. The molecule has 0 saturated heterocycles. The Labute approximate surface area is 153 Å². The third kappa shape index (κ3) is 3.40. The number of aryl methyl sites for hydroxylation is 2. The van der Waals surface area contributed by atoms with Gasteiger partial charge >= 0.3 is 0 Å². The number of fused-ring (bicyclic) bond motifs is 1. The van der Waals surface area contributed by atoms with E-state index < -0.39 is 0 Å². The zero-order valence-corrected chi connectivity index (χ0v) is 15.5. The Morgan fingerprint density at radius 2 is 1.73 bits per heavy atom. The summed E-state index contributed by atoms with van der Waals surface area (Å²) in [6.45, 7) is 6.49. The lowest BCUT2D eigenvalue weighted by Gasteiger charge is -2.12. The fourth-order valence-electron chi connectivity index (χ4n) is 3.30. The molecule has 0 aliphatic rings. The van der Waals surface area contributed by atoms with Crippen LogP contribution in [-0.4, -0.2) is 16.3 Å². The van der Waals surface area contributed by atoms with Crippen molar-refractivity contribution in [1.29, 1.82) is 0 Å². The van der Waals surface area contributed by atoms with E-state index >= 15 is 0 Å². The largest absolute Gasteiger partial charge is 0.336 e. The number of hydrogen-bond acceptors (Lipinski definition) is 2. The van der Waals surface area contributed by atoms with Crippen LogP contribution in [0.5, 0.6) is 0 Å². The van der Waals surface area contributed by atoms with Gasteiger partial charge in [-0.05, 0) is 56.2 Å². The summed E-state index contributed by atoms with van der Waals surface area (Å²) in [7, 11) is 0. The first-order valence-corrected chi connectivity index (χ1v) is 9.03. The lowest BCUT2D eigenvalue weighted by atomic mass is 10.1. The number of anilines is 1. The van der Waals surface area contributed by atoms with Crippen LogP contribution in [0.15, 0.2) is 48.5 Å². The highest BCUT2D eigenvalue weighted by atomic mass is 16.2. The number of amides is 1. The average Bonchev–Trinajstić information content (AvgIpc) is 2.93. The molecule has 0 radical (unpaired) electrons. The first-order chi connectivity index (χ1) is 12.5. The molecule has 1 amide bonds. The van der Waals surface area contributed by atoms with Gasteiger partial charge in [0.15, 0.2) is 5.78 Å². The minimum Gasteiger partial charge on any atom is -0.336 e. The van der Waals surface area contributed by atoms with Gasteiger partial charge in [0, 0.05) is 28.7 Å². The topological polar surface area (TPSA) is 51.1 Å². The number of aromatic nitrogens is 1. The van der Waals surface area contributed by atoms with Gasteiger partial charge in [-0.1, -0.05) is 31.5 Å². The Bertz CT molecular complexity index is 952. The number of unbranched alkanes of at least 4 members (excludes halogenated alkanes) is 1. The molecular weight excluding hydrogens is 324 g/mol. The molecule has 0 saturated carbocycles. The van der Waals surface area contributed by atoms with E-state index in [9.17, 15) is 9.59 Å². The molecule has 0 aliphatic carbocycles. The van der Waals surface area contributed by atoms with Crippen molar-refractivity contribution in [2.24, 2.45) is 0 Å². The van der Waals surface area contributed by atoms with Crippen molar-refractivity contribution in [1.82, 2.24) is 4.57 Å². The maximum absolute atomic E-state index is 13.0. The van der Waals surface area contributed by atoms with Gasteiger partial charge in [-0.2, -0.15) is 0 Å². The number of rotatable bonds is 6. The highest BCUT2D eigenvalue weighted by molar-refractivity contribution is 6.08. The molecule has 0 fully saturated rings. The molecule has 0 unspecified atom stereocenters. The highest BCUT2D eigenvalue weighted by Gasteiger charge is 2.20. The van der Waals surface area contributed by atoms with Crippen LogP contribution in [-0.2, 0) is 6.54 Å². The Balaban J connectivity index is 1.96. The van der Waals surface area contributed by atoms with Crippen molar-refractivity contribution in [3.05, 3.63) is 65.4 Å². The van der Waals surface area contributed by atoms with Gasteiger partial charge in [0.05, 0.1) is 0 Å². The summed E-state index contributed by atoms with van der Waals surface area (Å²) in [5.41, 5.74) is 4.11. The molecular formula is C22H24N2O2. The van der Waals surface area contributed by atoms with Crippen molar-refractivity contribution >= 4 is 28.3 Å². The fraction of sp³-hybridized carbons (Fsp3) is 0.273. The van der Waals surface area contributed by atoms with Crippen molar-refractivity contribution in [2.75, 3.05) is 5.32 Å². The predicted octanol–water partition coefficient (Wildman–Crippen LogP) is 5.20. The summed E-state index contributed by atoms with van der Waals surface area (Å²) >= 11 is 0. The summed E-state index contributed by atoms with van der Waals surface area (Å²) in [5.74, 6) is -0.108. The molecule has 0 aliphatic heterocycles. The normalized spacial score (nSPS) is 10.9. The molecule has 0 spiro atoms. The van der Waals surface area contributed by atoms with E-state index in [1.807, 2.05) is 19.1 Å². The van der Waals surface area contributed by atoms with E-state index in [1.165, 1.54) is 6.92 Å². The molecule has 1 aromatic heterocycles. The SMILES string of the molecule is CCCCn1c(C(=O)Nc2ccc(C(C)=O)cc2)c(C)c2ccccc21. The zero-order valence-electron chi connectivity index (χ0n) is 15.5. The van der Waals surface area contributed by atoms with Crippen LogP contribution in [0.3, 0.4) is 0 Å². The number of nitrogens with zero attached hydrogens (tertiary/aromatic N) is 1. The molecule has 2 aromatic carbocycles. The second-order valence-corrected chi connectivity index (χ2v) is 6.58. The second-order valence-electron chi connectivity index (χ2n) is 6.58. The molecule has 4 nitrogen and oxygen atoms in total. The van der Waals surface area contributed by atoms with Crippen LogP contribution >= 0.6 is 0 Å². The summed E-state index contributed by atoms with van der Waals surface area (Å²) in [4.78, 5) is 24.4. The Hall–Kier alpha value is -2.88. The summed E-state index contributed by atoms with van der Waals surface area (Å²) < 4.78 is 2.12. The number of hydrogen-bond donors (Lipinski definition) is 1. The van der Waals surface area contributed by atoms with Crippen molar-refractivity contribution < 1.29 is 9.59 Å². The maximum atomic E-state index is 13.0. The van der Waals surface area contributed by atoms with Crippen LogP contribution in [0.1, 0.15) is 53.1 Å². The van der Waals surface area contributed by atoms with Gasteiger partial charge in [-0.25, -0.2) is 0 Å². The maximum Gasteiger partial charge on any atom is 0.272 e. The molecule has 134 valence electrons. The van der Waals surface area contributed by atoms with Crippen molar-refractivity contribution in [3.8, 4) is 0 Å². The standard InChI is InChI=1S/C22H24N2O2/c1-4-5-14-24-20-9-7-6-8-19(20)15(2)21(24)22(26)23-18-12-10-17(11-13-18)16(3)25/h6-13H,4-5,14H2,1-3H3,(H,23,26). The quantitative estimate of drug-likeness (QED) is 0.622. The lowest BCUT2D eigenvalue weighted by Crippen LogP contribution is -2.18. The third-order valence-electron chi connectivity index (χ3n) is 4.72. The summed E-state index contributed by atoms with van der Waals surface area (Å²) in [6.07, 6.45) is 2.09. The van der Waals surface area contributed by atoms with Gasteiger partial charge in [0.25, 0.3) is 5.91 Å². The lowest BCUT2D eigenvalue weighted by molar-refractivity contribution is 0.101. The van der Waals surface area contributed by atoms with E-state index in [4.69, 9.17) is 0 Å². The number of carbonyl (C=O) groups is 2. The first kappa shape index (κ1) is 17.9. The number of para-hydroxylation sites is 1. The number of ketones is 1. The van der Waals surface area contributed by atoms with Gasteiger partial charge < -0.3 is 9.88 Å². The number of Topliss-reactive ketones (excluding diaryl/α,β-unsaturated/α-hetero) is 1.